The van der Waals surface area contributed by atoms with Gasteiger partial charge in [0.1, 0.15) is 11.8 Å². The Morgan fingerprint density at radius 3 is 2.39 bits per heavy atom. The molecule has 3 aromatic carbocycles. The minimum Gasteiger partial charge on any atom is -0.481 e. The molecule has 0 spiro atoms. The minimum absolute atomic E-state index is 0.148. The fraction of sp³-hybridized carbons (Fsp3) is 0.231. The number of hydrogen-bond acceptors (Lipinski definition) is 4. The molecule has 0 aromatic heterocycles. The topological polar surface area (TPSA) is 70.9 Å². The largest absolute Gasteiger partial charge is 0.481 e. The van der Waals surface area contributed by atoms with Crippen LogP contribution in [0.15, 0.2) is 84.0 Å². The highest BCUT2D eigenvalue weighted by Crippen LogP contribution is 2.25. The van der Waals surface area contributed by atoms with Gasteiger partial charge in [-0.2, -0.15) is 0 Å². The molecule has 0 amide bonds. The summed E-state index contributed by atoms with van der Waals surface area (Å²) in [5.74, 6) is -0.775. The van der Waals surface area contributed by atoms with Gasteiger partial charge in [0, 0.05) is 29.8 Å². The molecule has 5 heteroatoms. The number of aryl methyl sites for hydroxylation is 1. The molecular formula is C26H26N2O3. The highest BCUT2D eigenvalue weighted by atomic mass is 16.6. The molecule has 1 aliphatic rings. The van der Waals surface area contributed by atoms with E-state index in [1.165, 1.54) is 0 Å². The molecule has 1 aliphatic carbocycles. The average Bonchev–Trinajstić information content (AvgIpc) is 3.63. The molecule has 0 bridgehead atoms. The Bertz CT molecular complexity index is 1040. The fourth-order valence-corrected chi connectivity index (χ4v) is 3.24. The van der Waals surface area contributed by atoms with Crippen molar-refractivity contribution in [2.75, 3.05) is 5.32 Å². The first kappa shape index (κ1) is 20.7. The Morgan fingerprint density at radius 2 is 1.68 bits per heavy atom. The maximum absolute atomic E-state index is 10.7. The molecule has 0 unspecified atom stereocenters. The van der Waals surface area contributed by atoms with Crippen LogP contribution in [0.2, 0.25) is 0 Å². The van der Waals surface area contributed by atoms with E-state index in [4.69, 9.17) is 9.94 Å². The van der Waals surface area contributed by atoms with Crippen molar-refractivity contribution in [3.63, 3.8) is 0 Å². The second-order valence-corrected chi connectivity index (χ2v) is 7.76. The SMILES string of the molecule is O=C(O)CCc1ccc(NCc2cccc(/C(=N\OC3CC3)c3ccccc3)c2)cc1. The van der Waals surface area contributed by atoms with E-state index in [0.29, 0.717) is 13.0 Å². The van der Waals surface area contributed by atoms with Crippen molar-refractivity contribution >= 4 is 17.4 Å². The highest BCUT2D eigenvalue weighted by molar-refractivity contribution is 6.12. The smallest absolute Gasteiger partial charge is 0.303 e. The number of nitrogens with zero attached hydrogens (tertiary/aromatic N) is 1. The molecule has 2 N–H and O–H groups in total. The van der Waals surface area contributed by atoms with E-state index in [1.54, 1.807) is 0 Å². The first-order valence-corrected chi connectivity index (χ1v) is 10.6. The fourth-order valence-electron chi connectivity index (χ4n) is 3.24. The summed E-state index contributed by atoms with van der Waals surface area (Å²) in [6, 6.07) is 26.3. The van der Waals surface area contributed by atoms with Crippen LogP contribution < -0.4 is 5.32 Å². The van der Waals surface area contributed by atoms with Crippen molar-refractivity contribution in [3.05, 3.63) is 101 Å². The van der Waals surface area contributed by atoms with Gasteiger partial charge in [0.25, 0.3) is 0 Å². The van der Waals surface area contributed by atoms with Crippen LogP contribution in [0.4, 0.5) is 5.69 Å². The van der Waals surface area contributed by atoms with Crippen LogP contribution >= 0.6 is 0 Å². The second-order valence-electron chi connectivity index (χ2n) is 7.76. The van der Waals surface area contributed by atoms with Crippen LogP contribution in [0.1, 0.15) is 41.5 Å². The Morgan fingerprint density at radius 1 is 0.935 bits per heavy atom. The van der Waals surface area contributed by atoms with E-state index in [-0.39, 0.29) is 12.5 Å². The third-order valence-electron chi connectivity index (χ3n) is 5.14. The normalized spacial score (nSPS) is 13.6. The van der Waals surface area contributed by atoms with E-state index in [2.05, 4.69) is 28.7 Å². The summed E-state index contributed by atoms with van der Waals surface area (Å²) < 4.78 is 0. The molecule has 158 valence electrons. The highest BCUT2D eigenvalue weighted by Gasteiger charge is 2.24. The molecular weight excluding hydrogens is 388 g/mol. The summed E-state index contributed by atoms with van der Waals surface area (Å²) in [5.41, 5.74) is 6.06. The zero-order valence-corrected chi connectivity index (χ0v) is 17.3. The summed E-state index contributed by atoms with van der Waals surface area (Å²) in [5, 5.41) is 16.7. The average molecular weight is 415 g/mol. The number of rotatable bonds is 10. The standard InChI is InChI=1S/C26H26N2O3/c29-25(30)16-11-19-9-12-23(13-10-19)27-18-20-5-4-8-22(17-20)26(28-31-24-14-15-24)21-6-2-1-3-7-21/h1-10,12-13,17,24,27H,11,14-16,18H2,(H,29,30)/b28-26-. The summed E-state index contributed by atoms with van der Waals surface area (Å²) in [7, 11) is 0. The Balaban J connectivity index is 1.44. The van der Waals surface area contributed by atoms with E-state index >= 15 is 0 Å². The molecule has 0 atom stereocenters. The number of carboxylic acids is 1. The van der Waals surface area contributed by atoms with Crippen molar-refractivity contribution in [3.8, 4) is 0 Å². The molecule has 0 saturated heterocycles. The van der Waals surface area contributed by atoms with Gasteiger partial charge in [-0.3, -0.25) is 4.79 Å². The van der Waals surface area contributed by atoms with Crippen molar-refractivity contribution in [2.24, 2.45) is 5.16 Å². The number of benzene rings is 3. The first-order valence-electron chi connectivity index (χ1n) is 10.6. The summed E-state index contributed by atoms with van der Waals surface area (Å²) in [4.78, 5) is 16.4. The monoisotopic (exact) mass is 414 g/mol. The summed E-state index contributed by atoms with van der Waals surface area (Å²) in [6.45, 7) is 0.674. The van der Waals surface area contributed by atoms with Gasteiger partial charge < -0.3 is 15.3 Å². The van der Waals surface area contributed by atoms with Gasteiger partial charge in [-0.25, -0.2) is 0 Å². The zero-order chi connectivity index (χ0) is 21.5. The second kappa shape index (κ2) is 9.94. The Labute approximate surface area is 182 Å². The lowest BCUT2D eigenvalue weighted by Gasteiger charge is -2.11. The Hall–Kier alpha value is -3.60. The number of aliphatic carboxylic acids is 1. The van der Waals surface area contributed by atoms with Crippen molar-refractivity contribution in [1.29, 1.82) is 0 Å². The molecule has 31 heavy (non-hydrogen) atoms. The van der Waals surface area contributed by atoms with Crippen molar-refractivity contribution < 1.29 is 14.7 Å². The zero-order valence-electron chi connectivity index (χ0n) is 17.3. The van der Waals surface area contributed by atoms with Gasteiger partial charge in [0.15, 0.2) is 0 Å². The lowest BCUT2D eigenvalue weighted by molar-refractivity contribution is -0.136. The van der Waals surface area contributed by atoms with Crippen molar-refractivity contribution in [2.45, 2.75) is 38.3 Å². The maximum atomic E-state index is 10.7. The van der Waals surface area contributed by atoms with Crippen LogP contribution in [0.3, 0.4) is 0 Å². The number of carboxylic acid groups (broad SMARTS) is 1. The van der Waals surface area contributed by atoms with Gasteiger partial charge >= 0.3 is 5.97 Å². The van der Waals surface area contributed by atoms with Crippen LogP contribution in [-0.4, -0.2) is 22.9 Å². The third kappa shape index (κ3) is 6.19. The Kier molecular flexibility index (Phi) is 6.62. The first-order chi connectivity index (χ1) is 15.2. The number of hydrogen-bond donors (Lipinski definition) is 2. The van der Waals surface area contributed by atoms with Crippen LogP contribution in [0.25, 0.3) is 0 Å². The predicted molar refractivity (Wildman–Crippen MR) is 122 cm³/mol. The number of nitrogens with one attached hydrogen (secondary N) is 1. The molecule has 1 saturated carbocycles. The van der Waals surface area contributed by atoms with E-state index in [0.717, 1.165) is 46.5 Å². The molecule has 0 aliphatic heterocycles. The summed E-state index contributed by atoms with van der Waals surface area (Å²) >= 11 is 0. The summed E-state index contributed by atoms with van der Waals surface area (Å²) in [6.07, 6.45) is 3.09. The number of anilines is 1. The van der Waals surface area contributed by atoms with Gasteiger partial charge in [0.2, 0.25) is 0 Å². The van der Waals surface area contributed by atoms with Crippen LogP contribution in [0, 0.1) is 0 Å². The number of oxime groups is 1. The van der Waals surface area contributed by atoms with Crippen LogP contribution in [-0.2, 0) is 22.6 Å². The molecule has 4 rings (SSSR count). The number of carbonyl (C=O) groups is 1. The molecule has 0 radical (unpaired) electrons. The van der Waals surface area contributed by atoms with Crippen LogP contribution in [0.5, 0.6) is 0 Å². The minimum atomic E-state index is -0.775. The molecule has 3 aromatic rings. The van der Waals surface area contributed by atoms with E-state index < -0.39 is 5.97 Å². The van der Waals surface area contributed by atoms with E-state index in [9.17, 15) is 4.79 Å². The maximum Gasteiger partial charge on any atom is 0.303 e. The van der Waals surface area contributed by atoms with Gasteiger partial charge in [-0.15, -0.1) is 0 Å². The lowest BCUT2D eigenvalue weighted by atomic mass is 10.0. The molecule has 1 fully saturated rings. The van der Waals surface area contributed by atoms with Crippen molar-refractivity contribution in [1.82, 2.24) is 0 Å². The predicted octanol–water partition coefficient (Wildman–Crippen LogP) is 5.25. The molecule has 5 nitrogen and oxygen atoms in total. The quantitative estimate of drug-likeness (QED) is 0.351. The van der Waals surface area contributed by atoms with E-state index in [1.807, 2.05) is 60.7 Å². The van der Waals surface area contributed by atoms with Gasteiger partial charge in [0.05, 0.1) is 0 Å². The van der Waals surface area contributed by atoms with Gasteiger partial charge in [-0.1, -0.05) is 65.8 Å². The van der Waals surface area contributed by atoms with Gasteiger partial charge in [-0.05, 0) is 48.6 Å². The molecule has 0 heterocycles. The third-order valence-corrected chi connectivity index (χ3v) is 5.14. The lowest BCUT2D eigenvalue weighted by Crippen LogP contribution is -2.07.